The minimum Gasteiger partial charge on any atom is -0.354 e. The molecule has 3 heterocycles. The minimum atomic E-state index is -0.184. The lowest BCUT2D eigenvalue weighted by molar-refractivity contribution is 1.27. The van der Waals surface area contributed by atoms with Crippen LogP contribution in [0.2, 0.25) is 0 Å². The Kier molecular flexibility index (Phi) is 3.85. The van der Waals surface area contributed by atoms with Gasteiger partial charge in [0.2, 0.25) is 0 Å². The SMILES string of the molecule is CC.O=c1[nH]c2ccccc2cc1-c1cc2c(=O)[nH]ccc2[nH]1. The Morgan fingerprint density at radius 2 is 1.61 bits per heavy atom. The fourth-order valence-corrected chi connectivity index (χ4v) is 2.56. The maximum atomic E-state index is 12.2. The molecule has 5 heteroatoms. The number of para-hydroxylation sites is 1. The first-order valence-electron chi connectivity index (χ1n) is 7.55. The van der Waals surface area contributed by atoms with E-state index in [2.05, 4.69) is 15.0 Å². The third-order valence-corrected chi connectivity index (χ3v) is 3.60. The fraction of sp³-hybridized carbons (Fsp3) is 0.111. The molecule has 0 radical (unpaired) electrons. The standard InChI is InChI=1S/C16H11N3O2.C2H6/c20-15-11-8-14(18-13(11)5-6-17-15)10-7-9-3-1-2-4-12(9)19-16(10)21;1-2/h1-8,18H,(H,17,20)(H,19,21);1-2H3. The summed E-state index contributed by atoms with van der Waals surface area (Å²) in [6.45, 7) is 4.00. The second-order valence-electron chi connectivity index (χ2n) is 4.92. The van der Waals surface area contributed by atoms with E-state index in [9.17, 15) is 9.59 Å². The first-order chi connectivity index (χ1) is 11.2. The van der Waals surface area contributed by atoms with Crippen molar-refractivity contribution in [3.8, 4) is 11.3 Å². The predicted molar refractivity (Wildman–Crippen MR) is 93.8 cm³/mol. The van der Waals surface area contributed by atoms with Gasteiger partial charge in [0.05, 0.1) is 22.2 Å². The molecule has 1 aromatic carbocycles. The maximum Gasteiger partial charge on any atom is 0.257 e. The van der Waals surface area contributed by atoms with E-state index in [-0.39, 0.29) is 11.1 Å². The van der Waals surface area contributed by atoms with Crippen molar-refractivity contribution < 1.29 is 0 Å². The Morgan fingerprint density at radius 1 is 0.826 bits per heavy atom. The summed E-state index contributed by atoms with van der Waals surface area (Å²) in [6.07, 6.45) is 1.58. The van der Waals surface area contributed by atoms with Crippen molar-refractivity contribution in [1.29, 1.82) is 0 Å². The van der Waals surface area contributed by atoms with Gasteiger partial charge in [-0.3, -0.25) is 9.59 Å². The highest BCUT2D eigenvalue weighted by molar-refractivity contribution is 5.88. The molecule has 5 nitrogen and oxygen atoms in total. The monoisotopic (exact) mass is 307 g/mol. The molecule has 4 aromatic rings. The topological polar surface area (TPSA) is 81.5 Å². The summed E-state index contributed by atoms with van der Waals surface area (Å²) in [5.74, 6) is 0. The molecule has 3 aromatic heterocycles. The molecule has 0 bridgehead atoms. The molecule has 116 valence electrons. The molecule has 0 aliphatic carbocycles. The highest BCUT2D eigenvalue weighted by Gasteiger charge is 2.10. The largest absolute Gasteiger partial charge is 0.354 e. The van der Waals surface area contributed by atoms with Crippen LogP contribution in [-0.2, 0) is 0 Å². The van der Waals surface area contributed by atoms with Crippen LogP contribution >= 0.6 is 0 Å². The van der Waals surface area contributed by atoms with Crippen LogP contribution in [0.5, 0.6) is 0 Å². The molecule has 0 atom stereocenters. The van der Waals surface area contributed by atoms with Gasteiger partial charge in [0.25, 0.3) is 11.1 Å². The Morgan fingerprint density at radius 3 is 2.39 bits per heavy atom. The molecule has 4 rings (SSSR count). The Bertz CT molecular complexity index is 1090. The minimum absolute atomic E-state index is 0.174. The zero-order valence-electron chi connectivity index (χ0n) is 12.9. The quantitative estimate of drug-likeness (QED) is 0.504. The molecule has 0 aliphatic rings. The van der Waals surface area contributed by atoms with Crippen LogP contribution in [-0.4, -0.2) is 15.0 Å². The molecule has 0 amide bonds. The van der Waals surface area contributed by atoms with Gasteiger partial charge in [0, 0.05) is 11.7 Å². The second-order valence-corrected chi connectivity index (χ2v) is 4.92. The van der Waals surface area contributed by atoms with Gasteiger partial charge in [-0.1, -0.05) is 32.0 Å². The fourth-order valence-electron chi connectivity index (χ4n) is 2.56. The number of H-pyrrole nitrogens is 3. The van der Waals surface area contributed by atoms with Crippen molar-refractivity contribution in [2.45, 2.75) is 13.8 Å². The molecule has 0 saturated heterocycles. The van der Waals surface area contributed by atoms with Crippen LogP contribution in [0, 0.1) is 0 Å². The van der Waals surface area contributed by atoms with E-state index in [0.29, 0.717) is 22.2 Å². The van der Waals surface area contributed by atoms with Gasteiger partial charge in [0.15, 0.2) is 0 Å². The number of rotatable bonds is 1. The average Bonchev–Trinajstić information content (AvgIpc) is 3.01. The number of aromatic nitrogens is 3. The lowest BCUT2D eigenvalue weighted by Crippen LogP contribution is -2.08. The smallest absolute Gasteiger partial charge is 0.257 e. The zero-order chi connectivity index (χ0) is 16.4. The number of benzene rings is 1. The maximum absolute atomic E-state index is 12.2. The van der Waals surface area contributed by atoms with Gasteiger partial charge < -0.3 is 15.0 Å². The molecular weight excluding hydrogens is 290 g/mol. The zero-order valence-corrected chi connectivity index (χ0v) is 12.9. The normalized spacial score (nSPS) is 10.5. The van der Waals surface area contributed by atoms with E-state index < -0.39 is 0 Å². The van der Waals surface area contributed by atoms with Crippen molar-refractivity contribution in [2.24, 2.45) is 0 Å². The summed E-state index contributed by atoms with van der Waals surface area (Å²) >= 11 is 0. The first kappa shape index (κ1) is 14.8. The van der Waals surface area contributed by atoms with E-state index in [4.69, 9.17) is 0 Å². The number of aromatic amines is 3. The molecule has 0 spiro atoms. The van der Waals surface area contributed by atoms with Crippen LogP contribution < -0.4 is 11.1 Å². The summed E-state index contributed by atoms with van der Waals surface area (Å²) in [5.41, 5.74) is 2.29. The number of nitrogens with one attached hydrogen (secondary N) is 3. The van der Waals surface area contributed by atoms with E-state index >= 15 is 0 Å². The molecule has 0 saturated carbocycles. The van der Waals surface area contributed by atoms with Crippen molar-refractivity contribution in [3.63, 3.8) is 0 Å². The highest BCUT2D eigenvalue weighted by Crippen LogP contribution is 2.21. The van der Waals surface area contributed by atoms with Crippen LogP contribution in [0.1, 0.15) is 13.8 Å². The number of pyridine rings is 2. The van der Waals surface area contributed by atoms with Crippen molar-refractivity contribution in [2.75, 3.05) is 0 Å². The molecule has 3 N–H and O–H groups in total. The summed E-state index contributed by atoms with van der Waals surface area (Å²) in [6, 6.07) is 12.9. The molecule has 0 fully saturated rings. The highest BCUT2D eigenvalue weighted by atomic mass is 16.1. The van der Waals surface area contributed by atoms with E-state index in [0.717, 1.165) is 10.9 Å². The van der Waals surface area contributed by atoms with Crippen molar-refractivity contribution >= 4 is 21.8 Å². The van der Waals surface area contributed by atoms with Gasteiger partial charge in [0.1, 0.15) is 0 Å². The Labute approximate surface area is 132 Å². The van der Waals surface area contributed by atoms with E-state index in [1.54, 1.807) is 18.3 Å². The van der Waals surface area contributed by atoms with Crippen LogP contribution in [0.25, 0.3) is 33.1 Å². The average molecular weight is 307 g/mol. The van der Waals surface area contributed by atoms with Gasteiger partial charge in [-0.15, -0.1) is 0 Å². The predicted octanol–water partition coefficient (Wildman–Crippen LogP) is 3.39. The summed E-state index contributed by atoms with van der Waals surface area (Å²) < 4.78 is 0. The summed E-state index contributed by atoms with van der Waals surface area (Å²) in [5, 5.41) is 1.49. The molecule has 0 aliphatic heterocycles. The van der Waals surface area contributed by atoms with E-state index in [1.807, 2.05) is 44.2 Å². The lowest BCUT2D eigenvalue weighted by atomic mass is 10.1. The van der Waals surface area contributed by atoms with Crippen LogP contribution in [0.3, 0.4) is 0 Å². The third kappa shape index (κ3) is 2.57. The second kappa shape index (κ2) is 5.96. The summed E-state index contributed by atoms with van der Waals surface area (Å²) in [7, 11) is 0. The number of hydrogen-bond acceptors (Lipinski definition) is 2. The van der Waals surface area contributed by atoms with Gasteiger partial charge in [-0.25, -0.2) is 0 Å². The number of fused-ring (bicyclic) bond motifs is 2. The summed E-state index contributed by atoms with van der Waals surface area (Å²) in [4.78, 5) is 32.6. The molecule has 0 unspecified atom stereocenters. The lowest BCUT2D eigenvalue weighted by Gasteiger charge is -2.01. The van der Waals surface area contributed by atoms with Crippen LogP contribution in [0.15, 0.2) is 58.3 Å². The Balaban J connectivity index is 0.000000753. The third-order valence-electron chi connectivity index (χ3n) is 3.60. The first-order valence-corrected chi connectivity index (χ1v) is 7.55. The van der Waals surface area contributed by atoms with Gasteiger partial charge >= 0.3 is 0 Å². The molecule has 23 heavy (non-hydrogen) atoms. The van der Waals surface area contributed by atoms with Gasteiger partial charge in [-0.05, 0) is 29.7 Å². The van der Waals surface area contributed by atoms with Crippen molar-refractivity contribution in [1.82, 2.24) is 15.0 Å². The van der Waals surface area contributed by atoms with E-state index in [1.165, 1.54) is 0 Å². The van der Waals surface area contributed by atoms with Crippen LogP contribution in [0.4, 0.5) is 0 Å². The Hall–Kier alpha value is -3.08. The van der Waals surface area contributed by atoms with Crippen molar-refractivity contribution in [3.05, 3.63) is 69.4 Å². The number of hydrogen-bond donors (Lipinski definition) is 3. The van der Waals surface area contributed by atoms with Gasteiger partial charge in [-0.2, -0.15) is 0 Å². The molecular formula is C18H17N3O2.